The SMILES string of the molecule is CC.CN(c1cc(Cl)ccc1NS(=O)(=O)c1ccc(S(=O)[O-])cc1)C1CCCCC1.CNC. The van der Waals surface area contributed by atoms with Gasteiger partial charge in [-0.2, -0.15) is 0 Å². The summed E-state index contributed by atoms with van der Waals surface area (Å²) in [6, 6.07) is 10.4. The van der Waals surface area contributed by atoms with Gasteiger partial charge in [0.15, 0.2) is 0 Å². The summed E-state index contributed by atoms with van der Waals surface area (Å²) in [6.45, 7) is 4.00. The maximum absolute atomic E-state index is 12.8. The van der Waals surface area contributed by atoms with E-state index < -0.39 is 21.1 Å². The Morgan fingerprint density at radius 3 is 2.09 bits per heavy atom. The summed E-state index contributed by atoms with van der Waals surface area (Å²) in [4.78, 5) is 2.11. The molecule has 0 radical (unpaired) electrons. The van der Waals surface area contributed by atoms with Crippen LogP contribution in [0.4, 0.5) is 11.4 Å². The maximum Gasteiger partial charge on any atom is 0.261 e. The van der Waals surface area contributed by atoms with E-state index in [1.165, 1.54) is 30.7 Å². The first-order valence-electron chi connectivity index (χ1n) is 11.0. The first-order chi connectivity index (χ1) is 15.7. The molecule has 1 unspecified atom stereocenters. The van der Waals surface area contributed by atoms with Gasteiger partial charge in [0.05, 0.1) is 16.3 Å². The Labute approximate surface area is 206 Å². The average molecular weight is 517 g/mol. The molecule has 0 heterocycles. The molecule has 0 aliphatic heterocycles. The van der Waals surface area contributed by atoms with Crippen molar-refractivity contribution < 1.29 is 17.2 Å². The number of rotatable bonds is 6. The third-order valence-electron chi connectivity index (χ3n) is 5.03. The normalized spacial score (nSPS) is 14.8. The molecule has 0 saturated heterocycles. The molecule has 3 rings (SSSR count). The number of hydrogen-bond donors (Lipinski definition) is 2. The van der Waals surface area contributed by atoms with Gasteiger partial charge in [0.2, 0.25) is 0 Å². The Hall–Kier alpha value is -1.65. The molecule has 7 nitrogen and oxygen atoms in total. The molecule has 1 saturated carbocycles. The molecule has 186 valence electrons. The Bertz CT molecular complexity index is 980. The summed E-state index contributed by atoms with van der Waals surface area (Å²) < 4.78 is 50.2. The number of benzene rings is 2. The van der Waals surface area contributed by atoms with E-state index in [-0.39, 0.29) is 9.79 Å². The second kappa shape index (κ2) is 14.6. The zero-order valence-corrected chi connectivity index (χ0v) is 22.3. The fourth-order valence-electron chi connectivity index (χ4n) is 3.48. The summed E-state index contributed by atoms with van der Waals surface area (Å²) in [5, 5.41) is 3.28. The average Bonchev–Trinajstić information content (AvgIpc) is 2.82. The van der Waals surface area contributed by atoms with E-state index in [0.29, 0.717) is 16.8 Å². The lowest BCUT2D eigenvalue weighted by atomic mass is 9.94. The Morgan fingerprint density at radius 2 is 1.58 bits per heavy atom. The van der Waals surface area contributed by atoms with Crippen molar-refractivity contribution in [3.63, 3.8) is 0 Å². The third kappa shape index (κ3) is 8.90. The summed E-state index contributed by atoms with van der Waals surface area (Å²) in [7, 11) is 1.83. The van der Waals surface area contributed by atoms with Crippen LogP contribution in [0.25, 0.3) is 0 Å². The molecule has 1 fully saturated rings. The van der Waals surface area contributed by atoms with Crippen molar-refractivity contribution in [3.8, 4) is 0 Å². The van der Waals surface area contributed by atoms with Gasteiger partial charge in [-0.15, -0.1) is 0 Å². The molecular formula is C23H35ClN3O4S2-. The molecule has 0 aromatic heterocycles. The van der Waals surface area contributed by atoms with E-state index >= 15 is 0 Å². The minimum atomic E-state index is -3.88. The zero-order chi connectivity index (χ0) is 25.0. The minimum Gasteiger partial charge on any atom is -0.768 e. The van der Waals surface area contributed by atoms with E-state index in [9.17, 15) is 17.2 Å². The highest BCUT2D eigenvalue weighted by molar-refractivity contribution is 7.92. The van der Waals surface area contributed by atoms with Crippen molar-refractivity contribution in [2.45, 2.75) is 61.8 Å². The molecule has 0 bridgehead atoms. The molecule has 2 N–H and O–H groups in total. The minimum absolute atomic E-state index is 0.0112. The van der Waals surface area contributed by atoms with Crippen LogP contribution in [-0.4, -0.2) is 44.4 Å². The fraction of sp³-hybridized carbons (Fsp3) is 0.478. The van der Waals surface area contributed by atoms with Crippen LogP contribution >= 0.6 is 11.6 Å². The second-order valence-corrected chi connectivity index (χ2v) is 10.4. The lowest BCUT2D eigenvalue weighted by molar-refractivity contribution is 0.428. The number of nitrogens with zero attached hydrogens (tertiary/aromatic N) is 1. The van der Waals surface area contributed by atoms with Crippen LogP contribution in [0.2, 0.25) is 5.02 Å². The summed E-state index contributed by atoms with van der Waals surface area (Å²) in [6.07, 6.45) is 5.66. The molecule has 33 heavy (non-hydrogen) atoms. The van der Waals surface area contributed by atoms with Gasteiger partial charge in [-0.3, -0.25) is 8.93 Å². The second-order valence-electron chi connectivity index (χ2n) is 7.38. The van der Waals surface area contributed by atoms with Gasteiger partial charge in [0.1, 0.15) is 0 Å². The number of nitrogens with one attached hydrogen (secondary N) is 2. The molecule has 10 heteroatoms. The van der Waals surface area contributed by atoms with E-state index in [1.807, 2.05) is 35.0 Å². The number of anilines is 2. The summed E-state index contributed by atoms with van der Waals surface area (Å²) >= 11 is 3.77. The van der Waals surface area contributed by atoms with Gasteiger partial charge in [0, 0.05) is 23.0 Å². The predicted molar refractivity (Wildman–Crippen MR) is 137 cm³/mol. The van der Waals surface area contributed by atoms with Gasteiger partial charge in [-0.25, -0.2) is 8.42 Å². The Morgan fingerprint density at radius 1 is 1.03 bits per heavy atom. The zero-order valence-electron chi connectivity index (χ0n) is 19.9. The number of hydrogen-bond acceptors (Lipinski definition) is 6. The van der Waals surface area contributed by atoms with Gasteiger partial charge < -0.3 is 14.8 Å². The first kappa shape index (κ1) is 29.4. The summed E-state index contributed by atoms with van der Waals surface area (Å²) in [5.41, 5.74) is 1.16. The van der Waals surface area contributed by atoms with Crippen molar-refractivity contribution in [1.29, 1.82) is 0 Å². The van der Waals surface area contributed by atoms with Crippen molar-refractivity contribution in [3.05, 3.63) is 47.5 Å². The van der Waals surface area contributed by atoms with Crippen LogP contribution in [0.3, 0.4) is 0 Å². The summed E-state index contributed by atoms with van der Waals surface area (Å²) in [5.74, 6) is 0. The Balaban J connectivity index is 0.00000101. The molecule has 1 aliphatic carbocycles. The van der Waals surface area contributed by atoms with Gasteiger partial charge in [-0.05, 0) is 80.5 Å². The van der Waals surface area contributed by atoms with Crippen molar-refractivity contribution in [1.82, 2.24) is 5.32 Å². The highest BCUT2D eigenvalue weighted by Gasteiger charge is 2.23. The van der Waals surface area contributed by atoms with E-state index in [4.69, 9.17) is 11.6 Å². The van der Waals surface area contributed by atoms with Crippen LogP contribution in [0, 0.1) is 0 Å². The van der Waals surface area contributed by atoms with Crippen molar-refractivity contribution >= 4 is 44.1 Å². The molecule has 0 spiro atoms. The van der Waals surface area contributed by atoms with Gasteiger partial charge in [-0.1, -0.05) is 44.7 Å². The monoisotopic (exact) mass is 516 g/mol. The van der Waals surface area contributed by atoms with Crippen LogP contribution < -0.4 is 14.9 Å². The molecule has 0 amide bonds. The third-order valence-corrected chi connectivity index (χ3v) is 7.31. The smallest absolute Gasteiger partial charge is 0.261 e. The number of halogens is 1. The standard InChI is InChI=1S/C19H23ClN2O4S2.C2H7N.C2H6/c1-22(15-5-3-2-4-6-15)19-13-14(20)7-12-18(19)21-28(25,26)17-10-8-16(9-11-17)27(23)24;1-3-2;1-2/h7-13,15,21H,2-6H2,1H3,(H,23,24);3H,1-2H3;1-2H3/p-1. The van der Waals surface area contributed by atoms with Gasteiger partial charge in [0.25, 0.3) is 10.0 Å². The van der Waals surface area contributed by atoms with E-state index in [2.05, 4.69) is 14.9 Å². The lowest BCUT2D eigenvalue weighted by Crippen LogP contribution is -2.34. The van der Waals surface area contributed by atoms with Crippen molar-refractivity contribution in [2.24, 2.45) is 0 Å². The lowest BCUT2D eigenvalue weighted by Gasteiger charge is -2.34. The largest absolute Gasteiger partial charge is 0.768 e. The fourth-order valence-corrected chi connectivity index (χ4v) is 5.08. The predicted octanol–water partition coefficient (Wildman–Crippen LogP) is 5.01. The van der Waals surface area contributed by atoms with Crippen LogP contribution in [0.15, 0.2) is 52.3 Å². The quantitative estimate of drug-likeness (QED) is 0.523. The topological polar surface area (TPSA) is 102 Å². The Kier molecular flexibility index (Phi) is 13.0. The first-order valence-corrected chi connectivity index (χ1v) is 14.0. The van der Waals surface area contributed by atoms with E-state index in [1.54, 1.807) is 18.2 Å². The molecule has 1 aliphatic rings. The van der Waals surface area contributed by atoms with E-state index in [0.717, 1.165) is 31.4 Å². The highest BCUT2D eigenvalue weighted by atomic mass is 35.5. The molecule has 2 aromatic carbocycles. The van der Waals surface area contributed by atoms with Gasteiger partial charge >= 0.3 is 0 Å². The molecule has 1 atom stereocenters. The number of sulfonamides is 1. The van der Waals surface area contributed by atoms with Crippen LogP contribution in [0.5, 0.6) is 0 Å². The van der Waals surface area contributed by atoms with Crippen LogP contribution in [-0.2, 0) is 21.1 Å². The molecule has 2 aromatic rings. The highest BCUT2D eigenvalue weighted by Crippen LogP contribution is 2.34. The van der Waals surface area contributed by atoms with Crippen molar-refractivity contribution in [2.75, 3.05) is 30.8 Å². The maximum atomic E-state index is 12.8. The molecular weight excluding hydrogens is 482 g/mol. The van der Waals surface area contributed by atoms with Crippen LogP contribution in [0.1, 0.15) is 46.0 Å².